The molecule has 0 aliphatic heterocycles. The zero-order chi connectivity index (χ0) is 19.0. The number of halogens is 4. The van der Waals surface area contributed by atoms with E-state index in [0.717, 1.165) is 24.1 Å². The summed E-state index contributed by atoms with van der Waals surface area (Å²) in [6.07, 6.45) is 0.733. The van der Waals surface area contributed by atoms with E-state index in [-0.39, 0.29) is 5.92 Å². The van der Waals surface area contributed by atoms with Gasteiger partial charge in [0.1, 0.15) is 5.75 Å². The molecule has 0 fully saturated rings. The molecule has 0 heterocycles. The number of alkyl halides is 4. The minimum Gasteiger partial charge on any atom is -0.378 e. The predicted molar refractivity (Wildman–Crippen MR) is 76.1 cm³/mol. The highest BCUT2D eigenvalue weighted by Gasteiger charge is 2.74. The third-order valence-corrected chi connectivity index (χ3v) is 5.57. The first-order valence-corrected chi connectivity index (χ1v) is 9.29. The average molecular weight is 394 g/mol. The second kappa shape index (κ2) is 6.48. The summed E-state index contributed by atoms with van der Waals surface area (Å²) < 4.78 is 108. The fourth-order valence-corrected chi connectivity index (χ4v) is 3.24. The number of hydrogen-bond acceptors (Lipinski definition) is 5. The topological polar surface area (TPSA) is 97.7 Å². The molecule has 1 unspecified atom stereocenters. The lowest BCUT2D eigenvalue weighted by atomic mass is 9.99. The van der Waals surface area contributed by atoms with Crippen molar-refractivity contribution in [2.24, 2.45) is 0 Å². The molecule has 12 heteroatoms. The maximum Gasteiger partial charge on any atom is 0.460 e. The van der Waals surface area contributed by atoms with Gasteiger partial charge in [-0.15, -0.1) is 0 Å². The molecule has 24 heavy (non-hydrogen) atoms. The summed E-state index contributed by atoms with van der Waals surface area (Å²) >= 11 is 0. The lowest BCUT2D eigenvalue weighted by Crippen LogP contribution is -2.53. The van der Waals surface area contributed by atoms with Crippen LogP contribution in [0.5, 0.6) is 5.75 Å². The molecule has 6 nitrogen and oxygen atoms in total. The van der Waals surface area contributed by atoms with Crippen molar-refractivity contribution in [3.05, 3.63) is 29.8 Å². The van der Waals surface area contributed by atoms with E-state index in [0.29, 0.717) is 0 Å². The van der Waals surface area contributed by atoms with Crippen LogP contribution in [0.4, 0.5) is 17.6 Å². The van der Waals surface area contributed by atoms with E-state index in [1.165, 1.54) is 12.1 Å². The first-order chi connectivity index (χ1) is 10.7. The van der Waals surface area contributed by atoms with E-state index in [1.807, 2.05) is 13.8 Å². The zero-order valence-electron chi connectivity index (χ0n) is 12.4. The molecular formula is C12H14F4O6S2. The summed E-state index contributed by atoms with van der Waals surface area (Å²) in [7, 11) is -13.1. The molecule has 1 aromatic carbocycles. The Labute approximate surface area is 136 Å². The van der Waals surface area contributed by atoms with Gasteiger partial charge in [-0.3, -0.25) is 4.55 Å². The van der Waals surface area contributed by atoms with Crippen LogP contribution in [-0.4, -0.2) is 31.9 Å². The van der Waals surface area contributed by atoms with Crippen molar-refractivity contribution in [1.29, 1.82) is 0 Å². The van der Waals surface area contributed by atoms with Crippen molar-refractivity contribution in [2.75, 3.05) is 0 Å². The van der Waals surface area contributed by atoms with Gasteiger partial charge in [0.2, 0.25) is 0 Å². The van der Waals surface area contributed by atoms with Gasteiger partial charge in [-0.1, -0.05) is 26.0 Å². The molecule has 1 atom stereocenters. The maximum absolute atomic E-state index is 13.4. The Balaban J connectivity index is 3.18. The minimum absolute atomic E-state index is 0.0703. The smallest absolute Gasteiger partial charge is 0.378 e. The standard InChI is InChI=1S/C12H14F4O6S2/c1-3-8(2)9-4-6-10(7-5-9)22-24(20,21)12(15,16)11(13,14)23(17,18)19/h4-8H,3H2,1-2H3,(H,17,18,19). The summed E-state index contributed by atoms with van der Waals surface area (Å²) in [4.78, 5) is 0. The highest BCUT2D eigenvalue weighted by atomic mass is 32.2. The lowest BCUT2D eigenvalue weighted by molar-refractivity contribution is -0.105. The Morgan fingerprint density at radius 3 is 1.88 bits per heavy atom. The number of hydrogen-bond donors (Lipinski definition) is 1. The summed E-state index contributed by atoms with van der Waals surface area (Å²) in [6.45, 7) is 3.71. The van der Waals surface area contributed by atoms with Crippen LogP contribution >= 0.6 is 0 Å². The Bertz CT molecular complexity index is 787. The molecule has 138 valence electrons. The highest BCUT2D eigenvalue weighted by molar-refractivity contribution is 7.91. The summed E-state index contributed by atoms with van der Waals surface area (Å²) in [5, 5.41) is -12.5. The Hall–Kier alpha value is -1.40. The molecule has 0 radical (unpaired) electrons. The molecule has 1 rings (SSSR count). The summed E-state index contributed by atoms with van der Waals surface area (Å²) in [5.74, 6) is -0.645. The van der Waals surface area contributed by atoms with Crippen LogP contribution in [0.3, 0.4) is 0 Å². The second-order valence-corrected chi connectivity index (χ2v) is 7.97. The van der Waals surface area contributed by atoms with Gasteiger partial charge in [0, 0.05) is 0 Å². The second-order valence-electron chi connectivity index (χ2n) is 4.92. The van der Waals surface area contributed by atoms with Crippen LogP contribution in [0, 0.1) is 0 Å². The molecule has 1 N–H and O–H groups in total. The molecular weight excluding hydrogens is 380 g/mol. The van der Waals surface area contributed by atoms with E-state index in [2.05, 4.69) is 4.18 Å². The van der Waals surface area contributed by atoms with Crippen molar-refractivity contribution in [1.82, 2.24) is 0 Å². The number of rotatable bonds is 7. The molecule has 0 aromatic heterocycles. The Kier molecular flexibility index (Phi) is 5.58. The molecule has 0 bridgehead atoms. The first kappa shape index (κ1) is 20.6. The van der Waals surface area contributed by atoms with E-state index in [4.69, 9.17) is 4.55 Å². The van der Waals surface area contributed by atoms with E-state index in [1.54, 1.807) is 0 Å². The van der Waals surface area contributed by atoms with Crippen LogP contribution < -0.4 is 4.18 Å². The van der Waals surface area contributed by atoms with Crippen LogP contribution in [0.15, 0.2) is 24.3 Å². The molecule has 1 aromatic rings. The Morgan fingerprint density at radius 1 is 1.04 bits per heavy atom. The monoisotopic (exact) mass is 394 g/mol. The van der Waals surface area contributed by atoms with Gasteiger partial charge in [-0.25, -0.2) is 0 Å². The molecule has 0 aliphatic rings. The quantitative estimate of drug-likeness (QED) is 0.434. The largest absolute Gasteiger partial charge is 0.460 e. The lowest BCUT2D eigenvalue weighted by Gasteiger charge is -2.23. The van der Waals surface area contributed by atoms with Gasteiger partial charge in [0.25, 0.3) is 0 Å². The van der Waals surface area contributed by atoms with Gasteiger partial charge >= 0.3 is 30.7 Å². The van der Waals surface area contributed by atoms with E-state index < -0.39 is 36.5 Å². The minimum atomic E-state index is -6.70. The molecule has 0 amide bonds. The van der Waals surface area contributed by atoms with Crippen molar-refractivity contribution in [3.63, 3.8) is 0 Å². The highest BCUT2D eigenvalue weighted by Crippen LogP contribution is 2.43. The third-order valence-electron chi connectivity index (χ3n) is 3.24. The summed E-state index contributed by atoms with van der Waals surface area (Å²) in [5.41, 5.74) is 0.720. The zero-order valence-corrected chi connectivity index (χ0v) is 14.0. The molecule has 0 saturated carbocycles. The van der Waals surface area contributed by atoms with Crippen LogP contribution in [0.2, 0.25) is 0 Å². The predicted octanol–water partition coefficient (Wildman–Crippen LogP) is 2.98. The van der Waals surface area contributed by atoms with Crippen LogP contribution in [0.1, 0.15) is 31.7 Å². The van der Waals surface area contributed by atoms with Gasteiger partial charge in [0.15, 0.2) is 0 Å². The fraction of sp³-hybridized carbons (Fsp3) is 0.500. The molecule has 0 saturated heterocycles. The van der Waals surface area contributed by atoms with Gasteiger partial charge < -0.3 is 4.18 Å². The normalized spacial score (nSPS) is 15.1. The van der Waals surface area contributed by atoms with E-state index in [9.17, 15) is 34.4 Å². The van der Waals surface area contributed by atoms with Gasteiger partial charge in [0.05, 0.1) is 0 Å². The van der Waals surface area contributed by atoms with E-state index >= 15 is 0 Å². The van der Waals surface area contributed by atoms with Crippen LogP contribution in [0.25, 0.3) is 0 Å². The SMILES string of the molecule is CCC(C)c1ccc(OS(=O)(=O)C(F)(F)C(F)(F)S(=O)(=O)O)cc1. The molecule has 0 aliphatic carbocycles. The van der Waals surface area contributed by atoms with Crippen LogP contribution in [-0.2, 0) is 20.2 Å². The van der Waals surface area contributed by atoms with Gasteiger partial charge in [-0.2, -0.15) is 34.4 Å². The van der Waals surface area contributed by atoms with Crippen molar-refractivity contribution in [3.8, 4) is 5.75 Å². The van der Waals surface area contributed by atoms with Crippen molar-refractivity contribution in [2.45, 2.75) is 36.7 Å². The molecule has 0 spiro atoms. The van der Waals surface area contributed by atoms with Crippen molar-refractivity contribution >= 4 is 20.2 Å². The average Bonchev–Trinajstić information content (AvgIpc) is 2.45. The Morgan fingerprint density at radius 2 is 1.50 bits per heavy atom. The van der Waals surface area contributed by atoms with Crippen molar-refractivity contribution < 1.29 is 43.1 Å². The maximum atomic E-state index is 13.4. The number of benzene rings is 1. The summed E-state index contributed by atoms with van der Waals surface area (Å²) in [6, 6.07) is 4.61. The van der Waals surface area contributed by atoms with Gasteiger partial charge in [-0.05, 0) is 30.0 Å². The fourth-order valence-electron chi connectivity index (χ4n) is 1.56. The first-order valence-electron chi connectivity index (χ1n) is 6.44. The third kappa shape index (κ3) is 3.64.